The summed E-state index contributed by atoms with van der Waals surface area (Å²) in [5.41, 5.74) is 1.06. The van der Waals surface area contributed by atoms with E-state index in [1.165, 1.54) is 4.90 Å². The Morgan fingerprint density at radius 1 is 1.29 bits per heavy atom. The number of nitrogens with zero attached hydrogens (tertiary/aromatic N) is 1. The zero-order valence-corrected chi connectivity index (χ0v) is 11.0. The zero-order valence-electron chi connectivity index (χ0n) is 10.2. The molecule has 1 amide bonds. The van der Waals surface area contributed by atoms with Gasteiger partial charge in [0, 0.05) is 13.6 Å². The summed E-state index contributed by atoms with van der Waals surface area (Å²) in [7, 11) is 4.85. The van der Waals surface area contributed by atoms with E-state index < -0.39 is 5.37 Å². The predicted molar refractivity (Wildman–Crippen MR) is 67.1 cm³/mol. The molecule has 0 aliphatic carbocycles. The highest BCUT2D eigenvalue weighted by atomic mass is 35.5. The maximum atomic E-state index is 10.8. The summed E-state index contributed by atoms with van der Waals surface area (Å²) in [5, 5.41) is -0.453. The molecule has 1 rings (SSSR count). The minimum atomic E-state index is -0.453. The smallest absolute Gasteiger partial charge is 0.316 e. The van der Waals surface area contributed by atoms with E-state index >= 15 is 0 Å². The molecule has 0 heterocycles. The monoisotopic (exact) mass is 257 g/mol. The lowest BCUT2D eigenvalue weighted by molar-refractivity contribution is 0.232. The lowest BCUT2D eigenvalue weighted by Crippen LogP contribution is -2.23. The lowest BCUT2D eigenvalue weighted by atomic mass is 10.1. The molecule has 0 spiro atoms. The number of amides is 1. The predicted octanol–water partition coefficient (Wildman–Crippen LogP) is 2.54. The van der Waals surface area contributed by atoms with Crippen molar-refractivity contribution in [1.29, 1.82) is 0 Å². The second kappa shape index (κ2) is 6.35. The first-order chi connectivity index (χ1) is 8.08. The Bertz CT molecular complexity index is 395. The normalized spacial score (nSPS) is 9.88. The third kappa shape index (κ3) is 3.82. The molecule has 0 aliphatic rings. The van der Waals surface area contributed by atoms with E-state index in [0.29, 0.717) is 18.0 Å². The molecule has 0 atom stereocenters. The Kier molecular flexibility index (Phi) is 5.10. The highest BCUT2D eigenvalue weighted by Crippen LogP contribution is 2.27. The van der Waals surface area contributed by atoms with Gasteiger partial charge in [0.2, 0.25) is 0 Å². The van der Waals surface area contributed by atoms with Crippen LogP contribution in [0.4, 0.5) is 4.79 Å². The van der Waals surface area contributed by atoms with Crippen LogP contribution >= 0.6 is 11.6 Å². The van der Waals surface area contributed by atoms with E-state index in [4.69, 9.17) is 21.1 Å². The van der Waals surface area contributed by atoms with Gasteiger partial charge >= 0.3 is 5.37 Å². The molecule has 0 unspecified atom stereocenters. The number of rotatable bonds is 5. The van der Waals surface area contributed by atoms with E-state index in [1.54, 1.807) is 21.3 Å². The number of halogens is 1. The van der Waals surface area contributed by atoms with Gasteiger partial charge < -0.3 is 14.4 Å². The Hall–Kier alpha value is -1.42. The number of benzene rings is 1. The highest BCUT2D eigenvalue weighted by molar-refractivity contribution is 6.62. The average Bonchev–Trinajstić information content (AvgIpc) is 2.35. The van der Waals surface area contributed by atoms with Crippen molar-refractivity contribution in [1.82, 2.24) is 4.90 Å². The third-order valence-corrected chi connectivity index (χ3v) is 2.77. The molecule has 0 aliphatic heterocycles. The van der Waals surface area contributed by atoms with Crippen LogP contribution in [-0.4, -0.2) is 38.1 Å². The van der Waals surface area contributed by atoms with E-state index in [1.807, 2.05) is 18.2 Å². The largest absolute Gasteiger partial charge is 0.493 e. The van der Waals surface area contributed by atoms with Crippen molar-refractivity contribution in [2.75, 3.05) is 27.8 Å². The quantitative estimate of drug-likeness (QED) is 0.601. The van der Waals surface area contributed by atoms with Crippen LogP contribution in [0.15, 0.2) is 18.2 Å². The Morgan fingerprint density at radius 2 is 1.94 bits per heavy atom. The van der Waals surface area contributed by atoms with Crippen molar-refractivity contribution >= 4 is 17.0 Å². The number of ether oxygens (including phenoxy) is 2. The molecule has 1 aromatic rings. The third-order valence-electron chi connectivity index (χ3n) is 2.48. The summed E-state index contributed by atoms with van der Waals surface area (Å²) in [4.78, 5) is 12.3. The molecular weight excluding hydrogens is 242 g/mol. The van der Waals surface area contributed by atoms with Gasteiger partial charge in [0.25, 0.3) is 0 Å². The first-order valence-electron chi connectivity index (χ1n) is 5.20. The minimum absolute atomic E-state index is 0.453. The zero-order chi connectivity index (χ0) is 12.8. The fraction of sp³-hybridized carbons (Fsp3) is 0.417. The molecular formula is C12H16ClNO3. The van der Waals surface area contributed by atoms with Crippen LogP contribution in [-0.2, 0) is 6.42 Å². The number of likely N-dealkylation sites (N-methyl/N-ethyl adjacent to an activating group) is 1. The van der Waals surface area contributed by atoms with Crippen LogP contribution in [0.25, 0.3) is 0 Å². The maximum Gasteiger partial charge on any atom is 0.316 e. The van der Waals surface area contributed by atoms with Gasteiger partial charge in [-0.05, 0) is 35.7 Å². The molecule has 17 heavy (non-hydrogen) atoms. The molecule has 0 bridgehead atoms. The molecule has 94 valence electrons. The summed E-state index contributed by atoms with van der Waals surface area (Å²) in [6.45, 7) is 0.567. The molecule has 4 nitrogen and oxygen atoms in total. The van der Waals surface area contributed by atoms with Crippen molar-refractivity contribution in [3.05, 3.63) is 23.8 Å². The van der Waals surface area contributed by atoms with Crippen LogP contribution in [0.5, 0.6) is 11.5 Å². The standard InChI is InChI=1S/C12H16ClNO3/c1-14(12(13)15)7-6-9-4-5-10(16-2)11(8-9)17-3/h4-5,8H,6-7H2,1-3H3. The SMILES string of the molecule is COc1ccc(CCN(C)C(=O)Cl)cc1OC. The maximum absolute atomic E-state index is 10.8. The van der Waals surface area contributed by atoms with Crippen LogP contribution in [0, 0.1) is 0 Å². The second-order valence-corrected chi connectivity index (χ2v) is 3.94. The number of carbonyl (C=O) groups excluding carboxylic acids is 1. The number of methoxy groups -OCH3 is 2. The van der Waals surface area contributed by atoms with E-state index in [0.717, 1.165) is 12.0 Å². The summed E-state index contributed by atoms with van der Waals surface area (Å²) in [5.74, 6) is 1.38. The summed E-state index contributed by atoms with van der Waals surface area (Å²) >= 11 is 5.34. The van der Waals surface area contributed by atoms with E-state index in [2.05, 4.69) is 0 Å². The van der Waals surface area contributed by atoms with Gasteiger partial charge in [0.1, 0.15) is 0 Å². The summed E-state index contributed by atoms with van der Waals surface area (Å²) in [6.07, 6.45) is 0.718. The molecule has 0 fully saturated rings. The van der Waals surface area contributed by atoms with Gasteiger partial charge in [-0.15, -0.1) is 0 Å². The van der Waals surface area contributed by atoms with E-state index in [-0.39, 0.29) is 0 Å². The highest BCUT2D eigenvalue weighted by Gasteiger charge is 2.07. The number of carbonyl (C=O) groups is 1. The van der Waals surface area contributed by atoms with Gasteiger partial charge in [-0.25, -0.2) is 0 Å². The van der Waals surface area contributed by atoms with Gasteiger partial charge in [0.15, 0.2) is 11.5 Å². The Morgan fingerprint density at radius 3 is 2.47 bits per heavy atom. The number of hydrogen-bond acceptors (Lipinski definition) is 3. The fourth-order valence-corrected chi connectivity index (χ4v) is 1.51. The lowest BCUT2D eigenvalue weighted by Gasteiger charge is -2.14. The average molecular weight is 258 g/mol. The molecule has 0 saturated heterocycles. The van der Waals surface area contributed by atoms with Crippen molar-refractivity contribution in [3.63, 3.8) is 0 Å². The minimum Gasteiger partial charge on any atom is -0.493 e. The molecule has 5 heteroatoms. The molecule has 0 saturated carbocycles. The van der Waals surface area contributed by atoms with Gasteiger partial charge in [-0.3, -0.25) is 4.79 Å². The topological polar surface area (TPSA) is 38.8 Å². The van der Waals surface area contributed by atoms with Crippen LogP contribution in [0.2, 0.25) is 0 Å². The summed E-state index contributed by atoms with van der Waals surface area (Å²) < 4.78 is 10.3. The Labute approximate surface area is 106 Å². The Balaban J connectivity index is 2.69. The number of hydrogen-bond donors (Lipinski definition) is 0. The first-order valence-corrected chi connectivity index (χ1v) is 5.57. The second-order valence-electron chi connectivity index (χ2n) is 3.61. The van der Waals surface area contributed by atoms with Crippen molar-refractivity contribution in [2.45, 2.75) is 6.42 Å². The van der Waals surface area contributed by atoms with E-state index in [9.17, 15) is 4.79 Å². The van der Waals surface area contributed by atoms with Crippen molar-refractivity contribution < 1.29 is 14.3 Å². The van der Waals surface area contributed by atoms with Crippen LogP contribution in [0.3, 0.4) is 0 Å². The molecule has 0 N–H and O–H groups in total. The van der Waals surface area contributed by atoms with Crippen LogP contribution < -0.4 is 9.47 Å². The van der Waals surface area contributed by atoms with Gasteiger partial charge in [-0.2, -0.15) is 0 Å². The first kappa shape index (κ1) is 13.6. The molecule has 0 aromatic heterocycles. The molecule has 0 radical (unpaired) electrons. The van der Waals surface area contributed by atoms with Crippen molar-refractivity contribution in [3.8, 4) is 11.5 Å². The molecule has 1 aromatic carbocycles. The van der Waals surface area contributed by atoms with Crippen molar-refractivity contribution in [2.24, 2.45) is 0 Å². The van der Waals surface area contributed by atoms with Gasteiger partial charge in [0.05, 0.1) is 14.2 Å². The van der Waals surface area contributed by atoms with Crippen LogP contribution in [0.1, 0.15) is 5.56 Å². The van der Waals surface area contributed by atoms with Gasteiger partial charge in [-0.1, -0.05) is 6.07 Å². The fourth-order valence-electron chi connectivity index (χ4n) is 1.42. The summed E-state index contributed by atoms with van der Waals surface area (Å²) in [6, 6.07) is 5.68.